The number of amides is 1. The Morgan fingerprint density at radius 1 is 1.24 bits per heavy atom. The number of rotatable bonds is 5. The largest absolute Gasteiger partial charge is 0.492 e. The summed E-state index contributed by atoms with van der Waals surface area (Å²) in [6.45, 7) is 4.31. The minimum atomic E-state index is -0.106. The fourth-order valence-electron chi connectivity index (χ4n) is 3.14. The van der Waals surface area contributed by atoms with Crippen molar-refractivity contribution in [1.82, 2.24) is 14.7 Å². The number of nitrogens with one attached hydrogen (secondary N) is 2. The lowest BCUT2D eigenvalue weighted by Crippen LogP contribution is -2.28. The number of fused-ring (bicyclic) bond motifs is 1. The minimum Gasteiger partial charge on any atom is -0.492 e. The van der Waals surface area contributed by atoms with Gasteiger partial charge in [0.2, 0.25) is 11.0 Å². The van der Waals surface area contributed by atoms with Gasteiger partial charge in [-0.1, -0.05) is 35.6 Å². The zero-order chi connectivity index (χ0) is 20.2. The molecule has 1 aromatic heterocycles. The second-order valence-corrected chi connectivity index (χ2v) is 8.33. The first-order chi connectivity index (χ1) is 14.1. The molecule has 0 saturated carbocycles. The number of anilines is 3. The summed E-state index contributed by atoms with van der Waals surface area (Å²) in [5, 5.41) is 11.4. The van der Waals surface area contributed by atoms with E-state index >= 15 is 0 Å². The van der Waals surface area contributed by atoms with Crippen LogP contribution in [0, 0.1) is 3.95 Å². The summed E-state index contributed by atoms with van der Waals surface area (Å²) < 4.78 is 8.36. The van der Waals surface area contributed by atoms with Crippen LogP contribution in [0.5, 0.6) is 5.75 Å². The fourth-order valence-corrected chi connectivity index (χ4v) is 4.15. The molecule has 0 unspecified atom stereocenters. The lowest BCUT2D eigenvalue weighted by atomic mass is 10.2. The number of carbonyl (C=O) groups is 1. The highest BCUT2D eigenvalue weighted by atomic mass is 32.1. The molecule has 0 saturated heterocycles. The second-order valence-electron chi connectivity index (χ2n) is 6.71. The van der Waals surface area contributed by atoms with E-state index in [1.54, 1.807) is 0 Å². The van der Waals surface area contributed by atoms with Crippen LogP contribution in [0.25, 0.3) is 0 Å². The Morgan fingerprint density at radius 3 is 2.93 bits per heavy atom. The van der Waals surface area contributed by atoms with Gasteiger partial charge in [-0.15, -0.1) is 5.10 Å². The molecule has 1 aliphatic rings. The summed E-state index contributed by atoms with van der Waals surface area (Å²) in [6, 6.07) is 15.6. The molecule has 0 aliphatic carbocycles. The molecule has 2 aromatic carbocycles. The number of para-hydroxylation sites is 1. The van der Waals surface area contributed by atoms with Crippen LogP contribution >= 0.6 is 23.6 Å². The van der Waals surface area contributed by atoms with E-state index in [2.05, 4.69) is 26.7 Å². The van der Waals surface area contributed by atoms with Crippen molar-refractivity contribution >= 4 is 46.0 Å². The number of hydrogen-bond acceptors (Lipinski definition) is 7. The molecular weight excluding hydrogens is 406 g/mol. The van der Waals surface area contributed by atoms with Crippen molar-refractivity contribution in [3.05, 3.63) is 58.0 Å². The molecule has 7 nitrogen and oxygen atoms in total. The smallest absolute Gasteiger partial charge is 0.221 e. The third-order valence-corrected chi connectivity index (χ3v) is 5.63. The molecule has 0 bridgehead atoms. The number of ether oxygens (including phenoxy) is 1. The molecule has 3 aromatic rings. The Bertz CT molecular complexity index is 1080. The predicted octanol–water partition coefficient (Wildman–Crippen LogP) is 4.23. The van der Waals surface area contributed by atoms with E-state index in [0.29, 0.717) is 22.4 Å². The van der Waals surface area contributed by atoms with E-state index in [4.69, 9.17) is 17.0 Å². The van der Waals surface area contributed by atoms with Gasteiger partial charge in [0.05, 0.1) is 6.67 Å². The fraction of sp³-hybridized carbons (Fsp3) is 0.250. The van der Waals surface area contributed by atoms with Gasteiger partial charge in [-0.3, -0.25) is 9.69 Å². The Balaban J connectivity index is 1.46. The number of carbonyl (C=O) groups excluding carboxylic acids is 1. The lowest BCUT2D eigenvalue weighted by molar-refractivity contribution is -0.114. The van der Waals surface area contributed by atoms with Crippen molar-refractivity contribution in [2.24, 2.45) is 0 Å². The van der Waals surface area contributed by atoms with Crippen LogP contribution in [0.1, 0.15) is 12.5 Å². The summed E-state index contributed by atoms with van der Waals surface area (Å²) in [4.78, 5) is 13.5. The van der Waals surface area contributed by atoms with Crippen molar-refractivity contribution in [3.63, 3.8) is 0 Å². The number of nitrogens with zero attached hydrogens (tertiary/aromatic N) is 3. The zero-order valence-corrected chi connectivity index (χ0v) is 17.6. The van der Waals surface area contributed by atoms with Gasteiger partial charge >= 0.3 is 0 Å². The van der Waals surface area contributed by atoms with Crippen molar-refractivity contribution in [2.75, 3.05) is 23.8 Å². The molecule has 150 valence electrons. The number of benzene rings is 2. The van der Waals surface area contributed by atoms with Gasteiger partial charge in [-0.25, -0.2) is 4.68 Å². The van der Waals surface area contributed by atoms with E-state index in [1.807, 2.05) is 47.1 Å². The summed E-state index contributed by atoms with van der Waals surface area (Å²) >= 11 is 6.93. The van der Waals surface area contributed by atoms with Crippen molar-refractivity contribution < 1.29 is 9.53 Å². The van der Waals surface area contributed by atoms with E-state index in [-0.39, 0.29) is 5.91 Å². The minimum absolute atomic E-state index is 0.106. The summed E-state index contributed by atoms with van der Waals surface area (Å²) in [7, 11) is 0. The van der Waals surface area contributed by atoms with Gasteiger partial charge in [0.1, 0.15) is 12.4 Å². The Hall–Kier alpha value is -2.75. The maximum Gasteiger partial charge on any atom is 0.221 e. The Kier molecular flexibility index (Phi) is 5.89. The lowest BCUT2D eigenvalue weighted by Gasteiger charge is -2.18. The van der Waals surface area contributed by atoms with Crippen LogP contribution in [0.4, 0.5) is 16.5 Å². The monoisotopic (exact) mass is 427 g/mol. The molecule has 0 fully saturated rings. The maximum absolute atomic E-state index is 11.2. The van der Waals surface area contributed by atoms with E-state index < -0.39 is 0 Å². The van der Waals surface area contributed by atoms with Crippen LogP contribution in [0.2, 0.25) is 0 Å². The average molecular weight is 428 g/mol. The van der Waals surface area contributed by atoms with Crippen molar-refractivity contribution in [2.45, 2.75) is 20.1 Å². The van der Waals surface area contributed by atoms with Crippen molar-refractivity contribution in [1.29, 1.82) is 0 Å². The molecule has 4 rings (SSSR count). The van der Waals surface area contributed by atoms with Crippen molar-refractivity contribution in [3.8, 4) is 5.75 Å². The van der Waals surface area contributed by atoms with Crippen LogP contribution in [0.3, 0.4) is 0 Å². The Morgan fingerprint density at radius 2 is 2.07 bits per heavy atom. The predicted molar refractivity (Wildman–Crippen MR) is 117 cm³/mol. The highest BCUT2D eigenvalue weighted by molar-refractivity contribution is 7.73. The highest BCUT2D eigenvalue weighted by Crippen LogP contribution is 2.25. The average Bonchev–Trinajstić information content (AvgIpc) is 2.89. The molecule has 1 amide bonds. The van der Waals surface area contributed by atoms with Gasteiger partial charge < -0.3 is 15.4 Å². The first-order valence-corrected chi connectivity index (χ1v) is 10.4. The van der Waals surface area contributed by atoms with E-state index in [9.17, 15) is 4.79 Å². The SMILES string of the molecule is CC(=O)Nc1cccc(Nc2nn(CN3CCOc4ccccc4C3)c(=S)s2)c1. The van der Waals surface area contributed by atoms with E-state index in [0.717, 1.165) is 30.2 Å². The standard InChI is InChI=1S/C20H21N5O2S2/c1-14(26)21-16-6-4-7-17(11-16)22-19-23-25(20(28)29-19)13-24-9-10-27-18-8-3-2-5-15(18)12-24/h2-8,11H,9-10,12-13H2,1H3,(H,21,26)(H,22,23). The third kappa shape index (κ3) is 5.00. The number of hydrogen-bond donors (Lipinski definition) is 2. The highest BCUT2D eigenvalue weighted by Gasteiger charge is 2.16. The summed E-state index contributed by atoms with van der Waals surface area (Å²) in [6.07, 6.45) is 0. The quantitative estimate of drug-likeness (QED) is 0.594. The molecule has 2 heterocycles. The van der Waals surface area contributed by atoms with Crippen LogP contribution in [-0.2, 0) is 18.0 Å². The first-order valence-electron chi connectivity index (χ1n) is 9.22. The molecule has 1 aliphatic heterocycles. The summed E-state index contributed by atoms with van der Waals surface area (Å²) in [5.41, 5.74) is 2.73. The molecule has 0 radical (unpaired) electrons. The Labute approximate surface area is 177 Å². The topological polar surface area (TPSA) is 71.4 Å². The molecular formula is C20H21N5O2S2. The van der Waals surface area contributed by atoms with Crippen LogP contribution in [-0.4, -0.2) is 33.7 Å². The second kappa shape index (κ2) is 8.73. The normalized spacial score (nSPS) is 13.8. The van der Waals surface area contributed by atoms with Gasteiger partial charge in [-0.05, 0) is 36.5 Å². The molecule has 9 heteroatoms. The van der Waals surface area contributed by atoms with E-state index in [1.165, 1.54) is 23.8 Å². The third-order valence-electron chi connectivity index (χ3n) is 4.41. The van der Waals surface area contributed by atoms with Crippen LogP contribution in [0.15, 0.2) is 48.5 Å². The van der Waals surface area contributed by atoms with Gasteiger partial charge in [-0.2, -0.15) is 0 Å². The molecule has 0 spiro atoms. The number of aromatic nitrogens is 2. The van der Waals surface area contributed by atoms with Gasteiger partial charge in [0.15, 0.2) is 3.95 Å². The van der Waals surface area contributed by atoms with Gasteiger partial charge in [0.25, 0.3) is 0 Å². The summed E-state index contributed by atoms with van der Waals surface area (Å²) in [5.74, 6) is 0.836. The zero-order valence-electron chi connectivity index (χ0n) is 15.9. The van der Waals surface area contributed by atoms with Gasteiger partial charge in [0, 0.05) is 37.0 Å². The molecule has 0 atom stereocenters. The maximum atomic E-state index is 11.2. The molecule has 2 N–H and O–H groups in total. The van der Waals surface area contributed by atoms with Crippen LogP contribution < -0.4 is 15.4 Å². The first kappa shape index (κ1) is 19.6. The molecule has 29 heavy (non-hydrogen) atoms.